The summed E-state index contributed by atoms with van der Waals surface area (Å²) in [6, 6.07) is 8.73. The van der Waals surface area contributed by atoms with Crippen LogP contribution in [0.5, 0.6) is 5.75 Å². The van der Waals surface area contributed by atoms with Gasteiger partial charge in [0.2, 0.25) is 0 Å². The molecular weight excluding hydrogens is 390 g/mol. The molecular formula is C20H19N5O3S. The zero-order valence-electron chi connectivity index (χ0n) is 16.0. The van der Waals surface area contributed by atoms with Crippen LogP contribution in [0.2, 0.25) is 0 Å². The number of hydrogen-bond donors (Lipinski definition) is 1. The molecule has 1 aromatic carbocycles. The summed E-state index contributed by atoms with van der Waals surface area (Å²) in [6.07, 6.45) is 3.57. The van der Waals surface area contributed by atoms with Crippen molar-refractivity contribution in [1.29, 1.82) is 0 Å². The van der Waals surface area contributed by atoms with Gasteiger partial charge < -0.3 is 19.2 Å². The molecule has 0 bridgehead atoms. The monoisotopic (exact) mass is 409 g/mol. The van der Waals surface area contributed by atoms with Crippen LogP contribution >= 0.6 is 11.3 Å². The minimum Gasteiger partial charge on any atom is -0.486 e. The van der Waals surface area contributed by atoms with Gasteiger partial charge in [-0.3, -0.25) is 9.59 Å². The Morgan fingerprint density at radius 1 is 1.28 bits per heavy atom. The highest BCUT2D eigenvalue weighted by Crippen LogP contribution is 2.17. The third-order valence-electron chi connectivity index (χ3n) is 4.49. The van der Waals surface area contributed by atoms with Crippen molar-refractivity contribution in [2.45, 2.75) is 13.2 Å². The third-order valence-corrected chi connectivity index (χ3v) is 5.39. The van der Waals surface area contributed by atoms with Crippen molar-refractivity contribution < 1.29 is 9.53 Å². The van der Waals surface area contributed by atoms with E-state index in [9.17, 15) is 9.59 Å². The number of amides is 1. The number of rotatable bonds is 6. The van der Waals surface area contributed by atoms with Crippen molar-refractivity contribution in [2.75, 3.05) is 7.05 Å². The molecule has 0 atom stereocenters. The molecule has 3 heterocycles. The van der Waals surface area contributed by atoms with E-state index in [2.05, 4.69) is 15.0 Å². The number of aromatic amines is 1. The lowest BCUT2D eigenvalue weighted by Gasteiger charge is -2.17. The maximum Gasteiger partial charge on any atom is 0.268 e. The normalized spacial score (nSPS) is 11.0. The largest absolute Gasteiger partial charge is 0.486 e. The lowest BCUT2D eigenvalue weighted by Crippen LogP contribution is -2.28. The minimum absolute atomic E-state index is 0.172. The first-order valence-corrected chi connectivity index (χ1v) is 9.80. The number of thiophene rings is 1. The molecule has 0 saturated carbocycles. The summed E-state index contributed by atoms with van der Waals surface area (Å²) in [5, 5.41) is 1.82. The maximum absolute atomic E-state index is 12.7. The average molecular weight is 409 g/mol. The van der Waals surface area contributed by atoms with Crippen LogP contribution in [0.4, 0.5) is 0 Å². The number of aromatic nitrogens is 4. The second-order valence-corrected chi connectivity index (χ2v) is 7.49. The van der Waals surface area contributed by atoms with E-state index in [0.717, 1.165) is 5.82 Å². The van der Waals surface area contributed by atoms with Gasteiger partial charge >= 0.3 is 0 Å². The number of fused-ring (bicyclic) bond motifs is 1. The lowest BCUT2D eigenvalue weighted by molar-refractivity contribution is 0.0781. The Bertz CT molecular complexity index is 1210. The van der Waals surface area contributed by atoms with E-state index in [1.807, 2.05) is 23.2 Å². The number of aryl methyl sites for hydroxylation is 1. The van der Waals surface area contributed by atoms with Crippen LogP contribution in [0, 0.1) is 0 Å². The molecule has 0 unspecified atom stereocenters. The Labute approximate surface area is 170 Å². The fourth-order valence-corrected chi connectivity index (χ4v) is 3.62. The zero-order valence-corrected chi connectivity index (χ0v) is 16.8. The number of nitrogens with zero attached hydrogens (tertiary/aromatic N) is 4. The van der Waals surface area contributed by atoms with Gasteiger partial charge in [0.15, 0.2) is 0 Å². The molecule has 9 heteroatoms. The average Bonchev–Trinajstić information content (AvgIpc) is 3.35. The van der Waals surface area contributed by atoms with Gasteiger partial charge in [-0.25, -0.2) is 9.97 Å². The number of nitrogens with one attached hydrogen (secondary N) is 1. The molecule has 4 rings (SSSR count). The highest BCUT2D eigenvalue weighted by Gasteiger charge is 2.14. The van der Waals surface area contributed by atoms with Gasteiger partial charge in [-0.1, -0.05) is 0 Å². The summed E-state index contributed by atoms with van der Waals surface area (Å²) < 4.78 is 8.19. The van der Waals surface area contributed by atoms with Crippen LogP contribution in [0.3, 0.4) is 0 Å². The predicted molar refractivity (Wildman–Crippen MR) is 110 cm³/mol. The van der Waals surface area contributed by atoms with Crippen LogP contribution in [-0.4, -0.2) is 37.4 Å². The molecule has 29 heavy (non-hydrogen) atoms. The van der Waals surface area contributed by atoms with Crippen LogP contribution in [0.25, 0.3) is 10.2 Å². The number of imidazole rings is 1. The molecule has 0 fully saturated rings. The summed E-state index contributed by atoms with van der Waals surface area (Å²) in [5.41, 5.74) is 0.981. The van der Waals surface area contributed by atoms with E-state index in [1.54, 1.807) is 43.6 Å². The van der Waals surface area contributed by atoms with Crippen molar-refractivity contribution in [1.82, 2.24) is 24.4 Å². The summed E-state index contributed by atoms with van der Waals surface area (Å²) in [7, 11) is 3.58. The number of hydrogen-bond acceptors (Lipinski definition) is 6. The maximum atomic E-state index is 12.7. The first-order chi connectivity index (χ1) is 14.0. The van der Waals surface area contributed by atoms with Gasteiger partial charge in [0.1, 0.15) is 28.7 Å². The van der Waals surface area contributed by atoms with E-state index in [0.29, 0.717) is 34.0 Å². The molecule has 0 spiro atoms. The lowest BCUT2D eigenvalue weighted by atomic mass is 10.2. The smallest absolute Gasteiger partial charge is 0.268 e. The predicted octanol–water partition coefficient (Wildman–Crippen LogP) is 2.57. The standard InChI is InChI=1S/C20H19N5O3S/c1-24-9-8-21-17(24)12-28-14-5-3-13(4-6-14)20(27)25(2)11-16-22-15-7-10-29-18(15)19(26)23-16/h3-10H,11-12H2,1-2H3,(H,22,23,26). The highest BCUT2D eigenvalue weighted by atomic mass is 32.1. The number of H-pyrrole nitrogens is 1. The molecule has 0 aliphatic heterocycles. The Balaban J connectivity index is 1.41. The highest BCUT2D eigenvalue weighted by molar-refractivity contribution is 7.17. The molecule has 1 N–H and O–H groups in total. The van der Waals surface area contributed by atoms with Crippen molar-refractivity contribution in [2.24, 2.45) is 7.05 Å². The molecule has 8 nitrogen and oxygen atoms in total. The molecule has 0 saturated heterocycles. The quantitative estimate of drug-likeness (QED) is 0.528. The Kier molecular flexibility index (Phi) is 5.13. The van der Waals surface area contributed by atoms with E-state index < -0.39 is 0 Å². The Morgan fingerprint density at radius 3 is 2.79 bits per heavy atom. The van der Waals surface area contributed by atoms with Crippen LogP contribution in [0.15, 0.2) is 52.9 Å². The second kappa shape index (κ2) is 7.88. The van der Waals surface area contributed by atoms with E-state index in [1.165, 1.54) is 16.2 Å². The fraction of sp³-hybridized carbons (Fsp3) is 0.200. The SMILES string of the molecule is CN(Cc1nc2ccsc2c(=O)[nH]1)C(=O)c1ccc(OCc2nccn2C)cc1. The Hall–Kier alpha value is -3.46. The van der Waals surface area contributed by atoms with E-state index in [-0.39, 0.29) is 18.0 Å². The van der Waals surface area contributed by atoms with Gasteiger partial charge in [-0.05, 0) is 35.7 Å². The molecule has 3 aromatic heterocycles. The van der Waals surface area contributed by atoms with E-state index in [4.69, 9.17) is 4.74 Å². The second-order valence-electron chi connectivity index (χ2n) is 6.58. The first-order valence-electron chi connectivity index (χ1n) is 8.92. The van der Waals surface area contributed by atoms with Crippen molar-refractivity contribution in [3.63, 3.8) is 0 Å². The summed E-state index contributed by atoms with van der Waals surface area (Å²) in [6.45, 7) is 0.554. The van der Waals surface area contributed by atoms with Crippen molar-refractivity contribution in [3.8, 4) is 5.75 Å². The molecule has 0 aliphatic carbocycles. The van der Waals surface area contributed by atoms with E-state index >= 15 is 0 Å². The van der Waals surface area contributed by atoms with Crippen LogP contribution in [-0.2, 0) is 20.2 Å². The zero-order chi connectivity index (χ0) is 20.4. The topological polar surface area (TPSA) is 93.1 Å². The Morgan fingerprint density at radius 2 is 2.07 bits per heavy atom. The molecule has 148 valence electrons. The number of carbonyl (C=O) groups excluding carboxylic acids is 1. The number of carbonyl (C=O) groups is 1. The molecule has 0 radical (unpaired) electrons. The van der Waals surface area contributed by atoms with Crippen LogP contribution in [0.1, 0.15) is 22.0 Å². The van der Waals surface area contributed by atoms with Gasteiger partial charge in [0, 0.05) is 32.1 Å². The van der Waals surface area contributed by atoms with Gasteiger partial charge in [-0.15, -0.1) is 11.3 Å². The number of benzene rings is 1. The van der Waals surface area contributed by atoms with Gasteiger partial charge in [0.05, 0.1) is 12.1 Å². The molecule has 0 aliphatic rings. The minimum atomic E-state index is -0.185. The fourth-order valence-electron chi connectivity index (χ4n) is 2.89. The number of ether oxygens (including phenoxy) is 1. The summed E-state index contributed by atoms with van der Waals surface area (Å²) in [4.78, 5) is 37.7. The molecule has 1 amide bonds. The first kappa shape index (κ1) is 18.9. The molecule has 4 aromatic rings. The van der Waals surface area contributed by atoms with Gasteiger partial charge in [-0.2, -0.15) is 0 Å². The van der Waals surface area contributed by atoms with Crippen molar-refractivity contribution in [3.05, 3.63) is 75.7 Å². The summed E-state index contributed by atoms with van der Waals surface area (Å²) in [5.74, 6) is 1.75. The van der Waals surface area contributed by atoms with Gasteiger partial charge in [0.25, 0.3) is 11.5 Å². The third kappa shape index (κ3) is 4.04. The van der Waals surface area contributed by atoms with Crippen LogP contribution < -0.4 is 10.3 Å². The summed E-state index contributed by atoms with van der Waals surface area (Å²) >= 11 is 1.35. The van der Waals surface area contributed by atoms with Crippen molar-refractivity contribution >= 4 is 27.5 Å².